The predicted octanol–water partition coefficient (Wildman–Crippen LogP) is 2.39. The highest BCUT2D eigenvalue weighted by Gasteiger charge is 2.34. The lowest BCUT2D eigenvalue weighted by Gasteiger charge is -2.46. The first-order valence-corrected chi connectivity index (χ1v) is 11.6. The lowest BCUT2D eigenvalue weighted by molar-refractivity contribution is 0.0210. The summed E-state index contributed by atoms with van der Waals surface area (Å²) in [7, 11) is 4.04. The summed E-state index contributed by atoms with van der Waals surface area (Å²) < 4.78 is 5.76. The minimum absolute atomic E-state index is 0.310. The second-order valence-electron chi connectivity index (χ2n) is 9.34. The number of piperazine rings is 1. The number of aryl methyl sites for hydroxylation is 2. The van der Waals surface area contributed by atoms with Gasteiger partial charge in [0.1, 0.15) is 5.75 Å². The SMILES string of the molecule is COc1cc2c(cc1CN1CC[C@@H](N3CCN(C)CC3)[C@@H](CCCO)C1)CCC2. The van der Waals surface area contributed by atoms with Gasteiger partial charge in [-0.2, -0.15) is 0 Å². The van der Waals surface area contributed by atoms with Gasteiger partial charge in [-0.05, 0) is 75.2 Å². The average molecular weight is 402 g/mol. The van der Waals surface area contributed by atoms with Gasteiger partial charge in [-0.3, -0.25) is 9.80 Å². The van der Waals surface area contributed by atoms with E-state index in [2.05, 4.69) is 33.9 Å². The Bertz CT molecular complexity index is 672. The van der Waals surface area contributed by atoms with Crippen LogP contribution < -0.4 is 4.74 Å². The number of likely N-dealkylation sites (N-methyl/N-ethyl adjacent to an activating group) is 1. The first kappa shape index (κ1) is 21.1. The number of piperidine rings is 1. The fourth-order valence-electron chi connectivity index (χ4n) is 5.72. The maximum atomic E-state index is 9.44. The van der Waals surface area contributed by atoms with Crippen molar-refractivity contribution in [2.45, 2.75) is 51.1 Å². The van der Waals surface area contributed by atoms with E-state index in [0.29, 0.717) is 18.6 Å². The molecule has 0 bridgehead atoms. The van der Waals surface area contributed by atoms with Crippen LogP contribution in [0.5, 0.6) is 5.75 Å². The topological polar surface area (TPSA) is 39.2 Å². The van der Waals surface area contributed by atoms with Crippen molar-refractivity contribution in [1.29, 1.82) is 0 Å². The van der Waals surface area contributed by atoms with E-state index in [4.69, 9.17) is 4.74 Å². The molecule has 29 heavy (non-hydrogen) atoms. The number of methoxy groups -OCH3 is 1. The molecule has 5 heteroatoms. The summed E-state index contributed by atoms with van der Waals surface area (Å²) >= 11 is 0. The molecule has 0 saturated carbocycles. The van der Waals surface area contributed by atoms with Crippen molar-refractivity contribution in [2.24, 2.45) is 5.92 Å². The third-order valence-corrected chi connectivity index (χ3v) is 7.41. The van der Waals surface area contributed by atoms with Crippen LogP contribution in [-0.2, 0) is 19.4 Å². The number of aliphatic hydroxyl groups is 1. The Morgan fingerprint density at radius 2 is 1.83 bits per heavy atom. The zero-order valence-electron chi connectivity index (χ0n) is 18.4. The summed E-state index contributed by atoms with van der Waals surface area (Å²) in [5, 5.41) is 9.44. The first-order chi connectivity index (χ1) is 14.2. The van der Waals surface area contributed by atoms with Crippen molar-refractivity contribution in [3.63, 3.8) is 0 Å². The summed E-state index contributed by atoms with van der Waals surface area (Å²) in [5.74, 6) is 1.72. The molecule has 5 nitrogen and oxygen atoms in total. The Balaban J connectivity index is 1.43. The van der Waals surface area contributed by atoms with Gasteiger partial charge < -0.3 is 14.7 Å². The molecule has 1 aliphatic carbocycles. The summed E-state index contributed by atoms with van der Waals surface area (Å²) in [4.78, 5) is 7.80. The molecule has 1 N–H and O–H groups in total. The van der Waals surface area contributed by atoms with E-state index in [9.17, 15) is 5.11 Å². The molecular formula is C24H39N3O2. The van der Waals surface area contributed by atoms with Crippen molar-refractivity contribution in [3.05, 3.63) is 28.8 Å². The Morgan fingerprint density at radius 3 is 2.55 bits per heavy atom. The van der Waals surface area contributed by atoms with Gasteiger partial charge in [0, 0.05) is 57.5 Å². The molecule has 2 saturated heterocycles. The molecular weight excluding hydrogens is 362 g/mol. The highest BCUT2D eigenvalue weighted by atomic mass is 16.5. The Kier molecular flexibility index (Phi) is 7.12. The molecule has 0 spiro atoms. The van der Waals surface area contributed by atoms with Crippen LogP contribution in [-0.4, -0.2) is 85.9 Å². The highest BCUT2D eigenvalue weighted by molar-refractivity contribution is 5.44. The van der Waals surface area contributed by atoms with Gasteiger partial charge in [-0.25, -0.2) is 0 Å². The van der Waals surface area contributed by atoms with E-state index in [0.717, 1.165) is 38.2 Å². The summed E-state index contributed by atoms with van der Waals surface area (Å²) in [5.41, 5.74) is 4.37. The number of likely N-dealkylation sites (tertiary alicyclic amines) is 1. The number of rotatable bonds is 7. The van der Waals surface area contributed by atoms with Gasteiger partial charge in [-0.15, -0.1) is 0 Å². The molecule has 1 aromatic rings. The van der Waals surface area contributed by atoms with Gasteiger partial charge in [0.15, 0.2) is 0 Å². The smallest absolute Gasteiger partial charge is 0.123 e. The van der Waals surface area contributed by atoms with Gasteiger partial charge in [0.2, 0.25) is 0 Å². The molecule has 0 aromatic heterocycles. The fraction of sp³-hybridized carbons (Fsp3) is 0.750. The van der Waals surface area contributed by atoms with E-state index in [1.54, 1.807) is 0 Å². The van der Waals surface area contributed by atoms with Crippen LogP contribution in [0.3, 0.4) is 0 Å². The molecule has 3 aliphatic rings. The zero-order chi connectivity index (χ0) is 20.2. The molecule has 0 radical (unpaired) electrons. The second kappa shape index (κ2) is 9.78. The van der Waals surface area contributed by atoms with Gasteiger partial charge >= 0.3 is 0 Å². The molecule has 2 aliphatic heterocycles. The van der Waals surface area contributed by atoms with E-state index < -0.39 is 0 Å². The monoisotopic (exact) mass is 401 g/mol. The van der Waals surface area contributed by atoms with Crippen LogP contribution in [0.2, 0.25) is 0 Å². The van der Waals surface area contributed by atoms with Crippen LogP contribution >= 0.6 is 0 Å². The largest absolute Gasteiger partial charge is 0.496 e. The fourth-order valence-corrected chi connectivity index (χ4v) is 5.72. The van der Waals surface area contributed by atoms with Crippen molar-refractivity contribution < 1.29 is 9.84 Å². The molecule has 0 amide bonds. The highest BCUT2D eigenvalue weighted by Crippen LogP contribution is 2.33. The molecule has 2 fully saturated rings. The van der Waals surface area contributed by atoms with Crippen molar-refractivity contribution in [3.8, 4) is 5.75 Å². The molecule has 0 unspecified atom stereocenters. The number of benzene rings is 1. The number of hydrogen-bond donors (Lipinski definition) is 1. The molecule has 162 valence electrons. The number of fused-ring (bicyclic) bond motifs is 1. The number of ether oxygens (including phenoxy) is 1. The summed E-state index contributed by atoms with van der Waals surface area (Å²) in [6.07, 6.45) is 6.99. The molecule has 2 heterocycles. The van der Waals surface area contributed by atoms with Crippen molar-refractivity contribution in [2.75, 3.05) is 60.0 Å². The third-order valence-electron chi connectivity index (χ3n) is 7.41. The van der Waals surface area contributed by atoms with Crippen LogP contribution in [0.15, 0.2) is 12.1 Å². The Labute approximate surface area is 176 Å². The minimum atomic E-state index is 0.310. The van der Waals surface area contributed by atoms with Crippen molar-refractivity contribution in [1.82, 2.24) is 14.7 Å². The van der Waals surface area contributed by atoms with E-state index in [1.807, 2.05) is 7.11 Å². The zero-order valence-corrected chi connectivity index (χ0v) is 18.4. The predicted molar refractivity (Wildman–Crippen MR) is 118 cm³/mol. The number of nitrogens with zero attached hydrogens (tertiary/aromatic N) is 3. The van der Waals surface area contributed by atoms with E-state index in [1.165, 1.54) is 68.6 Å². The molecule has 2 atom stereocenters. The number of aliphatic hydroxyl groups excluding tert-OH is 1. The average Bonchev–Trinajstić information content (AvgIpc) is 3.20. The second-order valence-corrected chi connectivity index (χ2v) is 9.34. The Morgan fingerprint density at radius 1 is 1.07 bits per heavy atom. The van der Waals surface area contributed by atoms with Crippen LogP contribution in [0.1, 0.15) is 42.4 Å². The standard InChI is InChI=1S/C24H39N3O2/c1-25-10-12-27(13-11-25)23-8-9-26(17-21(23)7-4-14-28)18-22-15-19-5-3-6-20(19)16-24(22)29-2/h15-16,21,23,28H,3-14,17-18H2,1-2H3/t21-,23+/m0/s1. The normalized spacial score (nSPS) is 26.6. The third kappa shape index (κ3) is 4.96. The lowest BCUT2D eigenvalue weighted by atomic mass is 9.86. The lowest BCUT2D eigenvalue weighted by Crippen LogP contribution is -2.56. The maximum absolute atomic E-state index is 9.44. The van der Waals surface area contributed by atoms with Crippen LogP contribution in [0.25, 0.3) is 0 Å². The molecule has 1 aromatic carbocycles. The maximum Gasteiger partial charge on any atom is 0.123 e. The van der Waals surface area contributed by atoms with Crippen LogP contribution in [0, 0.1) is 5.92 Å². The van der Waals surface area contributed by atoms with Gasteiger partial charge in [0.05, 0.1) is 7.11 Å². The van der Waals surface area contributed by atoms with Gasteiger partial charge in [0.25, 0.3) is 0 Å². The minimum Gasteiger partial charge on any atom is -0.496 e. The first-order valence-electron chi connectivity index (χ1n) is 11.6. The Hall–Kier alpha value is -1.14. The van der Waals surface area contributed by atoms with E-state index in [-0.39, 0.29) is 0 Å². The quantitative estimate of drug-likeness (QED) is 0.760. The van der Waals surface area contributed by atoms with Crippen LogP contribution in [0.4, 0.5) is 0 Å². The van der Waals surface area contributed by atoms with E-state index >= 15 is 0 Å². The number of hydrogen-bond acceptors (Lipinski definition) is 5. The van der Waals surface area contributed by atoms with Crippen molar-refractivity contribution >= 4 is 0 Å². The molecule has 4 rings (SSSR count). The summed E-state index contributed by atoms with van der Waals surface area (Å²) in [6, 6.07) is 5.38. The summed E-state index contributed by atoms with van der Waals surface area (Å²) in [6.45, 7) is 8.33. The van der Waals surface area contributed by atoms with Gasteiger partial charge in [-0.1, -0.05) is 6.07 Å².